The highest BCUT2D eigenvalue weighted by Crippen LogP contribution is 2.19. The molecule has 1 unspecified atom stereocenters. The van der Waals surface area contributed by atoms with Crippen LogP contribution in [0.2, 0.25) is 0 Å². The van der Waals surface area contributed by atoms with Crippen molar-refractivity contribution in [2.75, 3.05) is 32.6 Å². The SMILES string of the molecule is COC(=O)CCCS(=O)(=O)N1CCC(CO)C1. The molecular weight excluding hydrogens is 246 g/mol. The minimum atomic E-state index is -3.29. The number of aliphatic hydroxyl groups is 1. The normalized spacial score (nSPS) is 21.6. The first-order chi connectivity index (χ1) is 7.99. The number of hydrogen-bond donors (Lipinski definition) is 1. The summed E-state index contributed by atoms with van der Waals surface area (Å²) in [5.74, 6) is -0.388. The Balaban J connectivity index is 2.39. The standard InChI is InChI=1S/C10H19NO5S/c1-16-10(13)3-2-6-17(14,15)11-5-4-9(7-11)8-12/h9,12H,2-8H2,1H3. The fraction of sp³-hybridized carbons (Fsp3) is 0.900. The first-order valence-electron chi connectivity index (χ1n) is 5.65. The zero-order valence-electron chi connectivity index (χ0n) is 9.96. The van der Waals surface area contributed by atoms with Gasteiger partial charge < -0.3 is 9.84 Å². The molecule has 1 rings (SSSR count). The first kappa shape index (κ1) is 14.4. The largest absolute Gasteiger partial charge is 0.469 e. The van der Waals surface area contributed by atoms with Crippen molar-refractivity contribution in [3.63, 3.8) is 0 Å². The van der Waals surface area contributed by atoms with E-state index in [9.17, 15) is 13.2 Å². The lowest BCUT2D eigenvalue weighted by Gasteiger charge is -2.15. The summed E-state index contributed by atoms with van der Waals surface area (Å²) in [6, 6.07) is 0. The van der Waals surface area contributed by atoms with Gasteiger partial charge in [0.05, 0.1) is 12.9 Å². The van der Waals surface area contributed by atoms with E-state index in [0.29, 0.717) is 19.5 Å². The third-order valence-electron chi connectivity index (χ3n) is 2.91. The molecule has 7 heteroatoms. The van der Waals surface area contributed by atoms with Crippen LogP contribution in [0.15, 0.2) is 0 Å². The van der Waals surface area contributed by atoms with Gasteiger partial charge in [0.1, 0.15) is 0 Å². The summed E-state index contributed by atoms with van der Waals surface area (Å²) in [4.78, 5) is 10.9. The summed E-state index contributed by atoms with van der Waals surface area (Å²) in [6.07, 6.45) is 1.09. The van der Waals surface area contributed by atoms with Crippen molar-refractivity contribution in [2.45, 2.75) is 19.3 Å². The molecule has 0 aromatic carbocycles. The van der Waals surface area contributed by atoms with Crippen molar-refractivity contribution in [3.8, 4) is 0 Å². The van der Waals surface area contributed by atoms with Crippen molar-refractivity contribution in [3.05, 3.63) is 0 Å². The van der Waals surface area contributed by atoms with E-state index >= 15 is 0 Å². The zero-order valence-corrected chi connectivity index (χ0v) is 10.8. The number of hydrogen-bond acceptors (Lipinski definition) is 5. The predicted molar refractivity (Wildman–Crippen MR) is 61.8 cm³/mol. The number of carbonyl (C=O) groups excluding carboxylic acids is 1. The molecule has 1 heterocycles. The summed E-state index contributed by atoms with van der Waals surface area (Å²) >= 11 is 0. The van der Waals surface area contributed by atoms with E-state index in [-0.39, 0.29) is 31.1 Å². The van der Waals surface area contributed by atoms with Crippen molar-refractivity contribution >= 4 is 16.0 Å². The van der Waals surface area contributed by atoms with Crippen LogP contribution in [0.25, 0.3) is 0 Å². The summed E-state index contributed by atoms with van der Waals surface area (Å²) in [5, 5.41) is 8.95. The second-order valence-corrected chi connectivity index (χ2v) is 6.28. The Morgan fingerprint density at radius 3 is 2.76 bits per heavy atom. The molecular formula is C10H19NO5S. The Kier molecular flexibility index (Phi) is 5.35. The third-order valence-corrected chi connectivity index (χ3v) is 4.83. The van der Waals surface area contributed by atoms with Gasteiger partial charge in [0, 0.05) is 26.1 Å². The predicted octanol–water partition coefficient (Wildman–Crippen LogP) is -0.416. The van der Waals surface area contributed by atoms with E-state index in [1.165, 1.54) is 11.4 Å². The van der Waals surface area contributed by atoms with Crippen molar-refractivity contribution in [1.29, 1.82) is 0 Å². The van der Waals surface area contributed by atoms with E-state index < -0.39 is 16.0 Å². The Labute approximate surface area is 102 Å². The number of rotatable bonds is 6. The fourth-order valence-electron chi connectivity index (χ4n) is 1.83. The second kappa shape index (κ2) is 6.32. The van der Waals surface area contributed by atoms with E-state index in [1.54, 1.807) is 0 Å². The zero-order chi connectivity index (χ0) is 12.9. The van der Waals surface area contributed by atoms with Gasteiger partial charge in [-0.2, -0.15) is 0 Å². The van der Waals surface area contributed by atoms with Gasteiger partial charge in [-0.25, -0.2) is 12.7 Å². The average Bonchev–Trinajstić information content (AvgIpc) is 2.77. The van der Waals surface area contributed by atoms with Crippen LogP contribution in [0.3, 0.4) is 0 Å². The van der Waals surface area contributed by atoms with Gasteiger partial charge in [-0.15, -0.1) is 0 Å². The van der Waals surface area contributed by atoms with Crippen LogP contribution in [-0.2, 0) is 19.6 Å². The first-order valence-corrected chi connectivity index (χ1v) is 7.26. The summed E-state index contributed by atoms with van der Waals surface area (Å²) in [5.41, 5.74) is 0. The number of nitrogens with zero attached hydrogens (tertiary/aromatic N) is 1. The average molecular weight is 265 g/mol. The molecule has 0 bridgehead atoms. The number of methoxy groups -OCH3 is 1. The van der Waals surface area contributed by atoms with Gasteiger partial charge in [-0.1, -0.05) is 0 Å². The maximum Gasteiger partial charge on any atom is 0.305 e. The Morgan fingerprint density at radius 1 is 1.53 bits per heavy atom. The monoisotopic (exact) mass is 265 g/mol. The topological polar surface area (TPSA) is 83.9 Å². The number of sulfonamides is 1. The van der Waals surface area contributed by atoms with Crippen LogP contribution in [0.1, 0.15) is 19.3 Å². The molecule has 17 heavy (non-hydrogen) atoms. The van der Waals surface area contributed by atoms with Crippen molar-refractivity contribution in [1.82, 2.24) is 4.31 Å². The number of carbonyl (C=O) groups is 1. The molecule has 0 aliphatic carbocycles. The summed E-state index contributed by atoms with van der Waals surface area (Å²) in [7, 11) is -2.01. The molecule has 0 spiro atoms. The Hall–Kier alpha value is -0.660. The van der Waals surface area contributed by atoms with E-state index in [0.717, 1.165) is 0 Å². The van der Waals surface area contributed by atoms with E-state index in [1.807, 2.05) is 0 Å². The Morgan fingerprint density at radius 2 is 2.24 bits per heavy atom. The van der Waals surface area contributed by atoms with Gasteiger partial charge in [-0.3, -0.25) is 4.79 Å². The molecule has 100 valence electrons. The molecule has 0 amide bonds. The molecule has 0 aromatic heterocycles. The lowest BCUT2D eigenvalue weighted by atomic mass is 10.1. The van der Waals surface area contributed by atoms with Crippen LogP contribution in [-0.4, -0.2) is 56.4 Å². The minimum Gasteiger partial charge on any atom is -0.469 e. The highest BCUT2D eigenvalue weighted by atomic mass is 32.2. The number of ether oxygens (including phenoxy) is 1. The van der Waals surface area contributed by atoms with Gasteiger partial charge in [-0.05, 0) is 18.8 Å². The quantitative estimate of drug-likeness (QED) is 0.660. The van der Waals surface area contributed by atoms with Gasteiger partial charge >= 0.3 is 5.97 Å². The van der Waals surface area contributed by atoms with Gasteiger partial charge in [0.25, 0.3) is 0 Å². The van der Waals surface area contributed by atoms with Gasteiger partial charge in [0.15, 0.2) is 0 Å². The lowest BCUT2D eigenvalue weighted by Crippen LogP contribution is -2.31. The van der Waals surface area contributed by atoms with Crippen molar-refractivity contribution in [2.24, 2.45) is 5.92 Å². The van der Waals surface area contributed by atoms with E-state index in [4.69, 9.17) is 5.11 Å². The summed E-state index contributed by atoms with van der Waals surface area (Å²) < 4.78 is 29.6. The smallest absolute Gasteiger partial charge is 0.305 e. The van der Waals surface area contributed by atoms with Crippen LogP contribution in [0.5, 0.6) is 0 Å². The minimum absolute atomic E-state index is 0.0220. The van der Waals surface area contributed by atoms with Crippen LogP contribution in [0.4, 0.5) is 0 Å². The number of esters is 1. The Bertz CT molecular complexity index is 354. The molecule has 0 aromatic rings. The number of aliphatic hydroxyl groups excluding tert-OH is 1. The summed E-state index contributed by atoms with van der Waals surface area (Å²) in [6.45, 7) is 0.872. The van der Waals surface area contributed by atoms with E-state index in [2.05, 4.69) is 4.74 Å². The fourth-order valence-corrected chi connectivity index (χ4v) is 3.42. The molecule has 1 saturated heterocycles. The molecule has 1 fully saturated rings. The maximum atomic E-state index is 11.9. The van der Waals surface area contributed by atoms with Gasteiger partial charge in [0.2, 0.25) is 10.0 Å². The third kappa shape index (κ3) is 4.25. The molecule has 1 aliphatic heterocycles. The van der Waals surface area contributed by atoms with Crippen LogP contribution >= 0.6 is 0 Å². The molecule has 0 radical (unpaired) electrons. The molecule has 1 aliphatic rings. The second-order valence-electron chi connectivity index (χ2n) is 4.19. The van der Waals surface area contributed by atoms with Crippen molar-refractivity contribution < 1.29 is 23.1 Å². The molecule has 1 N–H and O–H groups in total. The molecule has 0 saturated carbocycles. The highest BCUT2D eigenvalue weighted by molar-refractivity contribution is 7.89. The molecule has 1 atom stereocenters. The lowest BCUT2D eigenvalue weighted by molar-refractivity contribution is -0.140. The molecule has 6 nitrogen and oxygen atoms in total. The highest BCUT2D eigenvalue weighted by Gasteiger charge is 2.30. The maximum absolute atomic E-state index is 11.9. The van der Waals surface area contributed by atoms with Crippen LogP contribution < -0.4 is 0 Å². The van der Waals surface area contributed by atoms with Crippen LogP contribution in [0, 0.1) is 5.92 Å².